The SMILES string of the molecule is Cc1cnc(N)nc1NCC(=O)N(C)C. The smallest absolute Gasteiger partial charge is 0.241 e. The molecule has 1 amide bonds. The number of anilines is 2. The van der Waals surface area contributed by atoms with Crippen molar-refractivity contribution < 1.29 is 4.79 Å². The number of carbonyl (C=O) groups excluding carboxylic acids is 1. The lowest BCUT2D eigenvalue weighted by molar-refractivity contribution is -0.126. The van der Waals surface area contributed by atoms with E-state index in [0.717, 1.165) is 5.56 Å². The fraction of sp³-hybridized carbons (Fsp3) is 0.444. The number of likely N-dealkylation sites (N-methyl/N-ethyl adjacent to an activating group) is 1. The summed E-state index contributed by atoms with van der Waals surface area (Å²) < 4.78 is 0. The molecule has 0 saturated heterocycles. The maximum atomic E-state index is 11.3. The summed E-state index contributed by atoms with van der Waals surface area (Å²) in [5.41, 5.74) is 6.29. The highest BCUT2D eigenvalue weighted by molar-refractivity contribution is 5.80. The molecule has 3 N–H and O–H groups in total. The van der Waals surface area contributed by atoms with Crippen LogP contribution in [0, 0.1) is 6.92 Å². The minimum absolute atomic E-state index is 0.0217. The molecule has 0 unspecified atom stereocenters. The van der Waals surface area contributed by atoms with Crippen LogP contribution in [0.4, 0.5) is 11.8 Å². The van der Waals surface area contributed by atoms with Crippen molar-refractivity contribution in [3.05, 3.63) is 11.8 Å². The molecule has 0 fully saturated rings. The van der Waals surface area contributed by atoms with Gasteiger partial charge in [0.15, 0.2) is 0 Å². The Kier molecular flexibility index (Phi) is 3.43. The van der Waals surface area contributed by atoms with Gasteiger partial charge in [-0.1, -0.05) is 0 Å². The number of hydrogen-bond donors (Lipinski definition) is 2. The first kappa shape index (κ1) is 11.2. The molecule has 0 aliphatic heterocycles. The van der Waals surface area contributed by atoms with Crippen LogP contribution in [-0.2, 0) is 4.79 Å². The first-order valence-electron chi connectivity index (χ1n) is 4.54. The maximum absolute atomic E-state index is 11.3. The topological polar surface area (TPSA) is 84.1 Å². The second kappa shape index (κ2) is 4.59. The molecule has 0 atom stereocenters. The van der Waals surface area contributed by atoms with E-state index in [9.17, 15) is 4.79 Å². The summed E-state index contributed by atoms with van der Waals surface area (Å²) in [5, 5.41) is 2.91. The Labute approximate surface area is 88.5 Å². The van der Waals surface area contributed by atoms with E-state index >= 15 is 0 Å². The normalized spacial score (nSPS) is 9.80. The van der Waals surface area contributed by atoms with Crippen LogP contribution in [0.5, 0.6) is 0 Å². The Balaban J connectivity index is 2.65. The molecule has 6 nitrogen and oxygen atoms in total. The van der Waals surface area contributed by atoms with Crippen LogP contribution in [0.2, 0.25) is 0 Å². The van der Waals surface area contributed by atoms with Gasteiger partial charge in [-0.3, -0.25) is 4.79 Å². The minimum Gasteiger partial charge on any atom is -0.368 e. The number of aromatic nitrogens is 2. The molecule has 0 aliphatic carbocycles. The number of carbonyl (C=O) groups is 1. The van der Waals surface area contributed by atoms with E-state index in [2.05, 4.69) is 15.3 Å². The van der Waals surface area contributed by atoms with Crippen LogP contribution in [0.15, 0.2) is 6.20 Å². The van der Waals surface area contributed by atoms with E-state index in [-0.39, 0.29) is 18.4 Å². The summed E-state index contributed by atoms with van der Waals surface area (Å²) in [6.45, 7) is 2.05. The van der Waals surface area contributed by atoms with Gasteiger partial charge >= 0.3 is 0 Å². The molecular weight excluding hydrogens is 194 g/mol. The summed E-state index contributed by atoms with van der Waals surface area (Å²) in [5.74, 6) is 0.768. The van der Waals surface area contributed by atoms with Crippen molar-refractivity contribution in [2.24, 2.45) is 0 Å². The number of nitrogens with zero attached hydrogens (tertiary/aromatic N) is 3. The number of hydrogen-bond acceptors (Lipinski definition) is 5. The van der Waals surface area contributed by atoms with E-state index < -0.39 is 0 Å². The van der Waals surface area contributed by atoms with Crippen molar-refractivity contribution in [2.75, 3.05) is 31.7 Å². The van der Waals surface area contributed by atoms with Crippen molar-refractivity contribution in [3.8, 4) is 0 Å². The average Bonchev–Trinajstić information content (AvgIpc) is 2.18. The van der Waals surface area contributed by atoms with E-state index in [1.54, 1.807) is 20.3 Å². The molecule has 1 heterocycles. The highest BCUT2D eigenvalue weighted by atomic mass is 16.2. The van der Waals surface area contributed by atoms with Crippen LogP contribution < -0.4 is 11.1 Å². The predicted octanol–water partition coefficient (Wildman–Crippen LogP) is -0.133. The highest BCUT2D eigenvalue weighted by Crippen LogP contribution is 2.09. The largest absolute Gasteiger partial charge is 0.368 e. The van der Waals surface area contributed by atoms with Crippen molar-refractivity contribution in [3.63, 3.8) is 0 Å². The van der Waals surface area contributed by atoms with E-state index in [4.69, 9.17) is 5.73 Å². The quantitative estimate of drug-likeness (QED) is 0.724. The molecule has 0 aliphatic rings. The Morgan fingerprint density at radius 1 is 1.60 bits per heavy atom. The summed E-state index contributed by atoms with van der Waals surface area (Å²) >= 11 is 0. The number of nitrogens with two attached hydrogens (primary N) is 1. The van der Waals surface area contributed by atoms with Crippen molar-refractivity contribution in [2.45, 2.75) is 6.92 Å². The standard InChI is InChI=1S/C9H15N5O/c1-6-4-12-9(10)13-8(6)11-5-7(15)14(2)3/h4H,5H2,1-3H3,(H3,10,11,12,13). The van der Waals surface area contributed by atoms with E-state index in [0.29, 0.717) is 5.82 Å². The lowest BCUT2D eigenvalue weighted by atomic mass is 10.3. The van der Waals surface area contributed by atoms with Crippen LogP contribution in [-0.4, -0.2) is 41.4 Å². The van der Waals surface area contributed by atoms with Gasteiger partial charge in [-0.25, -0.2) is 4.98 Å². The second-order valence-electron chi connectivity index (χ2n) is 3.40. The van der Waals surface area contributed by atoms with Crippen LogP contribution in [0.1, 0.15) is 5.56 Å². The van der Waals surface area contributed by atoms with Gasteiger partial charge in [0.2, 0.25) is 11.9 Å². The third kappa shape index (κ3) is 3.08. The van der Waals surface area contributed by atoms with Crippen molar-refractivity contribution in [1.29, 1.82) is 0 Å². The van der Waals surface area contributed by atoms with Gasteiger partial charge in [-0.2, -0.15) is 4.98 Å². The Morgan fingerprint density at radius 2 is 2.27 bits per heavy atom. The number of nitrogens with one attached hydrogen (secondary N) is 1. The van der Waals surface area contributed by atoms with Gasteiger partial charge in [0.1, 0.15) is 5.82 Å². The number of nitrogen functional groups attached to an aromatic ring is 1. The Hall–Kier alpha value is -1.85. The van der Waals surface area contributed by atoms with Crippen LogP contribution in [0.3, 0.4) is 0 Å². The fourth-order valence-electron chi connectivity index (χ4n) is 0.952. The predicted molar refractivity (Wildman–Crippen MR) is 58.4 cm³/mol. The number of rotatable bonds is 3. The van der Waals surface area contributed by atoms with Gasteiger partial charge < -0.3 is 16.0 Å². The van der Waals surface area contributed by atoms with Crippen LogP contribution in [0.25, 0.3) is 0 Å². The molecule has 0 radical (unpaired) electrons. The van der Waals surface area contributed by atoms with Gasteiger partial charge in [0.25, 0.3) is 0 Å². The molecule has 1 aromatic rings. The van der Waals surface area contributed by atoms with E-state index in [1.165, 1.54) is 4.90 Å². The lowest BCUT2D eigenvalue weighted by Gasteiger charge is -2.12. The van der Waals surface area contributed by atoms with Gasteiger partial charge in [0, 0.05) is 25.9 Å². The first-order valence-corrected chi connectivity index (χ1v) is 4.54. The number of amides is 1. The highest BCUT2D eigenvalue weighted by Gasteiger charge is 2.06. The Bertz CT molecular complexity index is 364. The summed E-state index contributed by atoms with van der Waals surface area (Å²) in [7, 11) is 3.40. The van der Waals surface area contributed by atoms with Gasteiger partial charge in [-0.15, -0.1) is 0 Å². The first-order chi connectivity index (χ1) is 7.00. The van der Waals surface area contributed by atoms with Gasteiger partial charge in [0.05, 0.1) is 6.54 Å². The second-order valence-corrected chi connectivity index (χ2v) is 3.40. The number of aryl methyl sites for hydroxylation is 1. The van der Waals surface area contributed by atoms with E-state index in [1.807, 2.05) is 6.92 Å². The lowest BCUT2D eigenvalue weighted by Crippen LogP contribution is -2.29. The maximum Gasteiger partial charge on any atom is 0.241 e. The Morgan fingerprint density at radius 3 is 2.87 bits per heavy atom. The molecule has 0 spiro atoms. The van der Waals surface area contributed by atoms with Gasteiger partial charge in [-0.05, 0) is 6.92 Å². The zero-order chi connectivity index (χ0) is 11.4. The molecule has 82 valence electrons. The molecule has 0 bridgehead atoms. The third-order valence-corrected chi connectivity index (χ3v) is 1.90. The molecule has 0 aromatic carbocycles. The average molecular weight is 209 g/mol. The molecule has 1 rings (SSSR count). The summed E-state index contributed by atoms with van der Waals surface area (Å²) in [6, 6.07) is 0. The molecule has 1 aromatic heterocycles. The molecule has 15 heavy (non-hydrogen) atoms. The molecule has 6 heteroatoms. The summed E-state index contributed by atoms with van der Waals surface area (Å²) in [4.78, 5) is 20.6. The monoisotopic (exact) mass is 209 g/mol. The minimum atomic E-state index is -0.0217. The van der Waals surface area contributed by atoms with Crippen LogP contribution >= 0.6 is 0 Å². The zero-order valence-corrected chi connectivity index (χ0v) is 9.11. The molecule has 0 saturated carbocycles. The fourth-order valence-corrected chi connectivity index (χ4v) is 0.952. The van der Waals surface area contributed by atoms with Crippen molar-refractivity contribution in [1.82, 2.24) is 14.9 Å². The van der Waals surface area contributed by atoms with Crippen molar-refractivity contribution >= 4 is 17.7 Å². The summed E-state index contributed by atoms with van der Waals surface area (Å²) in [6.07, 6.45) is 1.62. The zero-order valence-electron chi connectivity index (χ0n) is 9.11. The third-order valence-electron chi connectivity index (χ3n) is 1.90. The molecular formula is C9H15N5O.